The van der Waals surface area contributed by atoms with Crippen molar-refractivity contribution in [1.29, 1.82) is 0 Å². The van der Waals surface area contributed by atoms with Crippen molar-refractivity contribution in [3.8, 4) is 0 Å². The maximum atomic E-state index is 9.40. The van der Waals surface area contributed by atoms with Crippen LogP contribution in [0.25, 0.3) is 16.5 Å². The Hall–Kier alpha value is -2.36. The van der Waals surface area contributed by atoms with Crippen LogP contribution in [0.4, 0.5) is 0 Å². The highest BCUT2D eigenvalue weighted by Gasteiger charge is 2.24. The molecule has 3 nitrogen and oxygen atoms in total. The number of hydrogen-bond acceptors (Lipinski definition) is 2. The van der Waals surface area contributed by atoms with Gasteiger partial charge in [0.1, 0.15) is 0 Å². The predicted octanol–water partition coefficient (Wildman–Crippen LogP) is 5.09. The van der Waals surface area contributed by atoms with Crippen LogP contribution < -0.4 is 0 Å². The molecule has 150 valence electrons. The fourth-order valence-corrected chi connectivity index (χ4v) is 5.14. The van der Waals surface area contributed by atoms with Crippen LogP contribution in [0.5, 0.6) is 0 Å². The van der Waals surface area contributed by atoms with Gasteiger partial charge in [-0.1, -0.05) is 35.9 Å². The molecule has 0 fully saturated rings. The lowest BCUT2D eigenvalue weighted by molar-refractivity contribution is 0.282. The average Bonchev–Trinajstić information content (AvgIpc) is 3.18. The molecule has 0 spiro atoms. The number of aromatic nitrogens is 1. The molecule has 2 aromatic carbocycles. The molecule has 3 heteroatoms. The summed E-state index contributed by atoms with van der Waals surface area (Å²) in [6, 6.07) is 15.2. The Labute approximate surface area is 173 Å². The Morgan fingerprint density at radius 3 is 2.86 bits per heavy atom. The molecular weight excluding hydrogens is 356 g/mol. The van der Waals surface area contributed by atoms with Gasteiger partial charge in [-0.15, -0.1) is 0 Å². The third kappa shape index (κ3) is 3.77. The molecule has 1 aromatic heterocycles. The molecule has 0 radical (unpaired) electrons. The zero-order valence-corrected chi connectivity index (χ0v) is 17.1. The molecule has 0 unspecified atom stereocenters. The highest BCUT2D eigenvalue weighted by molar-refractivity contribution is 5.83. The first-order chi connectivity index (χ1) is 14.3. The molecule has 2 aliphatic rings. The predicted molar refractivity (Wildman–Crippen MR) is 120 cm³/mol. The van der Waals surface area contributed by atoms with Gasteiger partial charge < -0.3 is 10.1 Å². The molecule has 0 atom stereocenters. The quantitative estimate of drug-likeness (QED) is 0.579. The van der Waals surface area contributed by atoms with Crippen molar-refractivity contribution in [3.05, 3.63) is 76.5 Å². The molecule has 0 saturated heterocycles. The Morgan fingerprint density at radius 2 is 1.93 bits per heavy atom. The largest absolute Gasteiger partial charge is 0.392 e. The molecule has 2 N–H and O–H groups in total. The number of H-pyrrole nitrogens is 1. The van der Waals surface area contributed by atoms with Crippen molar-refractivity contribution < 1.29 is 5.11 Å². The van der Waals surface area contributed by atoms with Gasteiger partial charge in [-0.25, -0.2) is 0 Å². The van der Waals surface area contributed by atoms with Gasteiger partial charge in [0.25, 0.3) is 0 Å². The summed E-state index contributed by atoms with van der Waals surface area (Å²) >= 11 is 0. The highest BCUT2D eigenvalue weighted by Crippen LogP contribution is 2.36. The average molecular weight is 387 g/mol. The standard InChI is InChI=1S/C26H30N2O/c29-18-19-8-11-26-25(15-19)21(16-27-26)6-3-4-13-28-14-12-24-22(17-28)10-9-20-5-1-2-7-23(20)24/h1-2,5,7-8,11,15-16,27,29H,3-4,6,9-10,12-14,17-18H2. The molecular formula is C26H30N2O. The summed E-state index contributed by atoms with van der Waals surface area (Å²) < 4.78 is 0. The van der Waals surface area contributed by atoms with Crippen molar-refractivity contribution in [2.75, 3.05) is 19.6 Å². The summed E-state index contributed by atoms with van der Waals surface area (Å²) in [4.78, 5) is 6.03. The van der Waals surface area contributed by atoms with Crippen LogP contribution in [0.2, 0.25) is 0 Å². The van der Waals surface area contributed by atoms with Crippen molar-refractivity contribution in [2.24, 2.45) is 0 Å². The van der Waals surface area contributed by atoms with E-state index >= 15 is 0 Å². The number of nitrogens with one attached hydrogen (secondary N) is 1. The topological polar surface area (TPSA) is 39.3 Å². The van der Waals surface area contributed by atoms with E-state index in [4.69, 9.17) is 0 Å². The zero-order chi connectivity index (χ0) is 19.6. The minimum atomic E-state index is 0.109. The van der Waals surface area contributed by atoms with Crippen molar-refractivity contribution in [2.45, 2.75) is 45.1 Å². The van der Waals surface area contributed by atoms with Crippen molar-refractivity contribution in [1.82, 2.24) is 9.88 Å². The van der Waals surface area contributed by atoms with Crippen LogP contribution >= 0.6 is 0 Å². The molecule has 1 aliphatic heterocycles. The Kier molecular flexibility index (Phi) is 5.26. The SMILES string of the molecule is OCc1ccc2[nH]cc(CCCCN3CCC4=C(CCc5ccccc54)C3)c2c1. The van der Waals surface area contributed by atoms with E-state index in [0.29, 0.717) is 0 Å². The summed E-state index contributed by atoms with van der Waals surface area (Å²) in [6.45, 7) is 3.66. The van der Waals surface area contributed by atoms with Crippen LogP contribution in [0.15, 0.2) is 54.2 Å². The van der Waals surface area contributed by atoms with Gasteiger partial charge in [0.05, 0.1) is 6.61 Å². The van der Waals surface area contributed by atoms with E-state index in [-0.39, 0.29) is 6.61 Å². The number of fused-ring (bicyclic) bond motifs is 3. The van der Waals surface area contributed by atoms with E-state index in [9.17, 15) is 5.11 Å². The first-order valence-electron chi connectivity index (χ1n) is 11.0. The number of aliphatic hydroxyl groups is 1. The zero-order valence-electron chi connectivity index (χ0n) is 17.1. The van der Waals surface area contributed by atoms with Gasteiger partial charge in [0.2, 0.25) is 0 Å². The minimum absolute atomic E-state index is 0.109. The summed E-state index contributed by atoms with van der Waals surface area (Å²) in [5.74, 6) is 0. The molecule has 5 rings (SSSR count). The maximum absolute atomic E-state index is 9.40. The molecule has 0 amide bonds. The summed E-state index contributed by atoms with van der Waals surface area (Å²) in [6.07, 6.45) is 9.35. The minimum Gasteiger partial charge on any atom is -0.392 e. The number of aliphatic hydroxyl groups excluding tert-OH is 1. The fraction of sp³-hybridized carbons (Fsp3) is 0.385. The molecule has 1 aliphatic carbocycles. The first kappa shape index (κ1) is 18.7. The fourth-order valence-electron chi connectivity index (χ4n) is 5.14. The third-order valence-electron chi connectivity index (χ3n) is 6.74. The lowest BCUT2D eigenvalue weighted by atomic mass is 9.82. The molecule has 2 heterocycles. The smallest absolute Gasteiger partial charge is 0.0682 e. The summed E-state index contributed by atoms with van der Waals surface area (Å²) in [5.41, 5.74) is 9.93. The Morgan fingerprint density at radius 1 is 1.00 bits per heavy atom. The van der Waals surface area contributed by atoms with Gasteiger partial charge >= 0.3 is 0 Å². The van der Waals surface area contributed by atoms with Gasteiger partial charge in [-0.05, 0) is 85.0 Å². The van der Waals surface area contributed by atoms with E-state index in [2.05, 4.69) is 52.5 Å². The molecule has 29 heavy (non-hydrogen) atoms. The number of hydrogen-bond donors (Lipinski definition) is 2. The first-order valence-corrected chi connectivity index (χ1v) is 11.0. The maximum Gasteiger partial charge on any atom is 0.0682 e. The van der Waals surface area contributed by atoms with E-state index in [1.54, 1.807) is 16.7 Å². The number of nitrogens with zero attached hydrogens (tertiary/aromatic N) is 1. The van der Waals surface area contributed by atoms with Crippen LogP contribution in [0.3, 0.4) is 0 Å². The number of aromatic amines is 1. The summed E-state index contributed by atoms with van der Waals surface area (Å²) in [5, 5.41) is 10.7. The van der Waals surface area contributed by atoms with Gasteiger partial charge in [0.15, 0.2) is 0 Å². The van der Waals surface area contributed by atoms with Crippen LogP contribution in [-0.2, 0) is 19.4 Å². The number of rotatable bonds is 6. The monoisotopic (exact) mass is 386 g/mol. The van der Waals surface area contributed by atoms with Gasteiger partial charge in [-0.3, -0.25) is 4.90 Å². The number of benzene rings is 2. The second-order valence-electron chi connectivity index (χ2n) is 8.57. The molecule has 0 bridgehead atoms. The second kappa shape index (κ2) is 8.17. The van der Waals surface area contributed by atoms with Crippen molar-refractivity contribution >= 4 is 16.5 Å². The van der Waals surface area contributed by atoms with Crippen molar-refractivity contribution in [3.63, 3.8) is 0 Å². The second-order valence-corrected chi connectivity index (χ2v) is 8.57. The van der Waals surface area contributed by atoms with Crippen LogP contribution in [0, 0.1) is 0 Å². The van der Waals surface area contributed by atoms with Crippen LogP contribution in [-0.4, -0.2) is 34.6 Å². The molecule has 3 aromatic rings. The number of unbranched alkanes of at least 4 members (excludes halogenated alkanes) is 1. The van der Waals surface area contributed by atoms with Gasteiger partial charge in [-0.2, -0.15) is 0 Å². The lowest BCUT2D eigenvalue weighted by Gasteiger charge is -2.34. The Balaban J connectivity index is 1.16. The third-order valence-corrected chi connectivity index (χ3v) is 6.74. The highest BCUT2D eigenvalue weighted by atomic mass is 16.3. The molecule has 0 saturated carbocycles. The Bertz CT molecular complexity index is 1050. The van der Waals surface area contributed by atoms with Crippen LogP contribution in [0.1, 0.15) is 47.9 Å². The van der Waals surface area contributed by atoms with E-state index in [0.717, 1.165) is 18.5 Å². The van der Waals surface area contributed by atoms with E-state index in [1.807, 2.05) is 6.07 Å². The number of aryl methyl sites for hydroxylation is 2. The normalized spacial score (nSPS) is 16.9. The van der Waals surface area contributed by atoms with Gasteiger partial charge in [0, 0.05) is 30.2 Å². The summed E-state index contributed by atoms with van der Waals surface area (Å²) in [7, 11) is 0. The van der Waals surface area contributed by atoms with E-state index in [1.165, 1.54) is 67.2 Å². The lowest BCUT2D eigenvalue weighted by Crippen LogP contribution is -2.33. The van der Waals surface area contributed by atoms with E-state index < -0.39 is 0 Å².